The molecule has 5 fully saturated rings. The van der Waals surface area contributed by atoms with E-state index in [0.29, 0.717) is 35.7 Å². The van der Waals surface area contributed by atoms with Crippen LogP contribution in [0, 0.1) is 23.2 Å². The quantitative estimate of drug-likeness (QED) is 0.525. The Hall–Kier alpha value is -1.23. The van der Waals surface area contributed by atoms with Gasteiger partial charge in [-0.05, 0) is 87.1 Å². The number of hydrogen-bond acceptors (Lipinski definition) is 3. The fourth-order valence-electron chi connectivity index (χ4n) is 7.86. The maximum Gasteiger partial charge on any atom is 0.251 e. The summed E-state index contributed by atoms with van der Waals surface area (Å²) in [5, 5.41) is 0. The Balaban J connectivity index is 1.43. The molecule has 5 atom stereocenters. The molecule has 5 aliphatic carbocycles. The molecule has 0 aromatic heterocycles. The third kappa shape index (κ3) is 3.59. The summed E-state index contributed by atoms with van der Waals surface area (Å²) in [7, 11) is 2.20. The first-order valence-corrected chi connectivity index (χ1v) is 12.7. The van der Waals surface area contributed by atoms with Gasteiger partial charge in [-0.1, -0.05) is 30.3 Å². The molecule has 0 heterocycles. The minimum absolute atomic E-state index is 0.135. The third-order valence-corrected chi connectivity index (χ3v) is 9.30. The number of carbonyl (C=O) groups excluding carboxylic acids is 1. The summed E-state index contributed by atoms with van der Waals surface area (Å²) in [4.78, 5) is 20.8. The standard InChI is InChI=1S/C26H36ClN3O/c1-30(12-11-27)23-19-13-25(20-5-3-2-4-6-20)15-22(23)26(14-19,17-25)24(31)29-16-18-7-9-21(28)10-8-18/h2-6,16,18-19,21-23H,7-15,17,28H2,1H3. The van der Waals surface area contributed by atoms with E-state index in [1.54, 1.807) is 0 Å². The molecule has 4 nitrogen and oxygen atoms in total. The number of halogens is 1. The van der Waals surface area contributed by atoms with E-state index in [1.807, 2.05) is 6.21 Å². The van der Waals surface area contributed by atoms with E-state index >= 15 is 0 Å². The Morgan fingerprint density at radius 2 is 1.94 bits per heavy atom. The van der Waals surface area contributed by atoms with Crippen LogP contribution in [-0.4, -0.2) is 48.6 Å². The summed E-state index contributed by atoms with van der Waals surface area (Å²) in [6, 6.07) is 11.7. The van der Waals surface area contributed by atoms with E-state index in [4.69, 9.17) is 17.3 Å². The first-order valence-electron chi connectivity index (χ1n) is 12.1. The minimum atomic E-state index is -0.300. The number of aliphatic imine (C=N–C) groups is 1. The van der Waals surface area contributed by atoms with Gasteiger partial charge in [-0.15, -0.1) is 11.6 Å². The molecule has 168 valence electrons. The van der Waals surface area contributed by atoms with Crippen LogP contribution in [0.3, 0.4) is 0 Å². The zero-order chi connectivity index (χ0) is 21.6. The average molecular weight is 442 g/mol. The molecule has 5 unspecified atom stereocenters. The van der Waals surface area contributed by atoms with Gasteiger partial charge in [0, 0.05) is 30.7 Å². The average Bonchev–Trinajstić information content (AvgIpc) is 3.16. The second-order valence-corrected chi connectivity index (χ2v) is 11.3. The van der Waals surface area contributed by atoms with Crippen LogP contribution in [0.15, 0.2) is 35.3 Å². The third-order valence-electron chi connectivity index (χ3n) is 9.13. The predicted octanol–water partition coefficient (Wildman–Crippen LogP) is 4.40. The van der Waals surface area contributed by atoms with Crippen LogP contribution < -0.4 is 5.73 Å². The van der Waals surface area contributed by atoms with Crippen molar-refractivity contribution in [2.45, 2.75) is 68.9 Å². The molecule has 6 rings (SSSR count). The molecule has 2 N–H and O–H groups in total. The first-order chi connectivity index (χ1) is 15.0. The molecule has 1 amide bonds. The number of nitrogens with zero attached hydrogens (tertiary/aromatic N) is 2. The van der Waals surface area contributed by atoms with Crippen LogP contribution in [0.4, 0.5) is 0 Å². The van der Waals surface area contributed by atoms with Gasteiger partial charge < -0.3 is 10.6 Å². The topological polar surface area (TPSA) is 58.7 Å². The SMILES string of the molecule is CN(CCCl)C1C2CC3(c4ccccc4)CC1C(C(=O)N=CC1CCC(N)CC1)(C2)C3. The van der Waals surface area contributed by atoms with Gasteiger partial charge >= 0.3 is 0 Å². The largest absolute Gasteiger partial charge is 0.328 e. The lowest BCUT2D eigenvalue weighted by molar-refractivity contribution is -0.129. The molecule has 5 aliphatic rings. The van der Waals surface area contributed by atoms with E-state index in [1.165, 1.54) is 12.0 Å². The van der Waals surface area contributed by atoms with Crippen molar-refractivity contribution in [2.75, 3.05) is 19.5 Å². The van der Waals surface area contributed by atoms with Crippen molar-refractivity contribution in [1.29, 1.82) is 0 Å². The minimum Gasteiger partial charge on any atom is -0.328 e. The summed E-state index contributed by atoms with van der Waals surface area (Å²) in [6.07, 6.45) is 10.4. The number of alkyl halides is 1. The van der Waals surface area contributed by atoms with E-state index in [-0.39, 0.29) is 16.7 Å². The smallest absolute Gasteiger partial charge is 0.251 e. The molecular formula is C26H36ClN3O. The second kappa shape index (κ2) is 8.28. The van der Waals surface area contributed by atoms with Gasteiger partial charge in [-0.2, -0.15) is 0 Å². The highest BCUT2D eigenvalue weighted by Gasteiger charge is 2.71. The molecule has 5 saturated carbocycles. The van der Waals surface area contributed by atoms with Crippen molar-refractivity contribution in [2.24, 2.45) is 33.9 Å². The monoisotopic (exact) mass is 441 g/mol. The second-order valence-electron chi connectivity index (χ2n) is 10.9. The van der Waals surface area contributed by atoms with Gasteiger partial charge in [0.05, 0.1) is 5.41 Å². The van der Waals surface area contributed by atoms with E-state index in [0.717, 1.165) is 51.5 Å². The Morgan fingerprint density at radius 1 is 1.19 bits per heavy atom. The summed E-state index contributed by atoms with van der Waals surface area (Å²) < 4.78 is 0. The van der Waals surface area contributed by atoms with E-state index in [2.05, 4.69) is 47.3 Å². The molecule has 1 aromatic carbocycles. The van der Waals surface area contributed by atoms with Crippen LogP contribution in [0.2, 0.25) is 0 Å². The summed E-state index contributed by atoms with van der Waals surface area (Å²) in [6.45, 7) is 0.882. The summed E-state index contributed by atoms with van der Waals surface area (Å²) in [5.74, 6) is 2.13. The Bertz CT molecular complexity index is 836. The number of benzene rings is 1. The fourth-order valence-corrected chi connectivity index (χ4v) is 8.12. The van der Waals surface area contributed by atoms with Gasteiger partial charge in [0.2, 0.25) is 0 Å². The van der Waals surface area contributed by atoms with Crippen molar-refractivity contribution in [3.05, 3.63) is 35.9 Å². The lowest BCUT2D eigenvalue weighted by atomic mass is 9.63. The van der Waals surface area contributed by atoms with E-state index in [9.17, 15) is 4.79 Å². The van der Waals surface area contributed by atoms with Gasteiger partial charge in [0.15, 0.2) is 0 Å². The Labute approximate surface area is 191 Å². The highest BCUT2D eigenvalue weighted by molar-refractivity contribution is 6.18. The predicted molar refractivity (Wildman–Crippen MR) is 127 cm³/mol. The lowest BCUT2D eigenvalue weighted by Crippen LogP contribution is -2.46. The van der Waals surface area contributed by atoms with Crippen LogP contribution in [-0.2, 0) is 10.2 Å². The summed E-state index contributed by atoms with van der Waals surface area (Å²) >= 11 is 6.10. The number of nitrogens with two attached hydrogens (primary N) is 1. The molecule has 0 radical (unpaired) electrons. The van der Waals surface area contributed by atoms with Gasteiger partial charge in [0.25, 0.3) is 5.91 Å². The zero-order valence-corrected chi connectivity index (χ0v) is 19.4. The van der Waals surface area contributed by atoms with Crippen molar-refractivity contribution in [3.8, 4) is 0 Å². The molecule has 1 aromatic rings. The number of carbonyl (C=O) groups is 1. The fraction of sp³-hybridized carbons (Fsp3) is 0.692. The van der Waals surface area contributed by atoms with Crippen molar-refractivity contribution >= 4 is 23.7 Å². The van der Waals surface area contributed by atoms with Crippen molar-refractivity contribution in [3.63, 3.8) is 0 Å². The van der Waals surface area contributed by atoms with E-state index < -0.39 is 0 Å². The number of hydrogen-bond donors (Lipinski definition) is 1. The van der Waals surface area contributed by atoms with Crippen LogP contribution >= 0.6 is 11.6 Å². The molecule has 0 spiro atoms. The molecule has 31 heavy (non-hydrogen) atoms. The number of amides is 1. The summed E-state index contributed by atoms with van der Waals surface area (Å²) in [5.41, 5.74) is 7.31. The van der Waals surface area contributed by atoms with Gasteiger partial charge in [0.1, 0.15) is 0 Å². The van der Waals surface area contributed by atoms with Crippen LogP contribution in [0.25, 0.3) is 0 Å². The molecular weight excluding hydrogens is 406 g/mol. The van der Waals surface area contributed by atoms with Crippen molar-refractivity contribution < 1.29 is 4.79 Å². The molecule has 0 aliphatic heterocycles. The van der Waals surface area contributed by atoms with Crippen molar-refractivity contribution in [1.82, 2.24) is 4.90 Å². The Morgan fingerprint density at radius 3 is 2.65 bits per heavy atom. The molecule has 4 bridgehead atoms. The highest BCUT2D eigenvalue weighted by Crippen LogP contribution is 2.71. The number of rotatable bonds is 6. The van der Waals surface area contributed by atoms with Crippen LogP contribution in [0.5, 0.6) is 0 Å². The first kappa shape index (κ1) is 21.6. The van der Waals surface area contributed by atoms with Gasteiger partial charge in [-0.3, -0.25) is 4.79 Å². The molecule has 5 heteroatoms. The Kier molecular flexibility index (Phi) is 5.77. The lowest BCUT2D eigenvalue weighted by Gasteiger charge is -2.45. The molecule has 0 saturated heterocycles. The maximum atomic E-state index is 13.8. The maximum absolute atomic E-state index is 13.8. The zero-order valence-electron chi connectivity index (χ0n) is 18.7. The highest BCUT2D eigenvalue weighted by atomic mass is 35.5. The van der Waals surface area contributed by atoms with Crippen LogP contribution in [0.1, 0.15) is 56.9 Å². The van der Waals surface area contributed by atoms with Gasteiger partial charge in [-0.25, -0.2) is 4.99 Å². The normalized spacial score (nSPS) is 41.5.